The van der Waals surface area contributed by atoms with E-state index < -0.39 is 0 Å². The molecule has 76 valence electrons. The molecule has 0 amide bonds. The van der Waals surface area contributed by atoms with Crippen LogP contribution in [0.5, 0.6) is 0 Å². The maximum atomic E-state index is 5.52. The van der Waals surface area contributed by atoms with Gasteiger partial charge in [0, 0.05) is 6.04 Å². The summed E-state index contributed by atoms with van der Waals surface area (Å²) in [7, 11) is 0. The van der Waals surface area contributed by atoms with Gasteiger partial charge in [0.15, 0.2) is 0 Å². The Balaban J connectivity index is 2.32. The van der Waals surface area contributed by atoms with Gasteiger partial charge in [-0.05, 0) is 45.3 Å². The summed E-state index contributed by atoms with van der Waals surface area (Å²) in [6.07, 6.45) is 8.41. The van der Waals surface area contributed by atoms with Crippen LogP contribution in [0.4, 0.5) is 0 Å². The second-order valence-corrected chi connectivity index (χ2v) is 3.85. The summed E-state index contributed by atoms with van der Waals surface area (Å²) in [6.45, 7) is 7.07. The van der Waals surface area contributed by atoms with E-state index in [1.54, 1.807) is 0 Å². The molecular formula is C11H22N2. The molecule has 0 aliphatic carbocycles. The zero-order valence-corrected chi connectivity index (χ0v) is 8.54. The van der Waals surface area contributed by atoms with Gasteiger partial charge >= 0.3 is 0 Å². The van der Waals surface area contributed by atoms with E-state index in [4.69, 9.17) is 5.73 Å². The number of piperidine rings is 1. The zero-order valence-electron chi connectivity index (χ0n) is 8.54. The molecule has 2 nitrogen and oxygen atoms in total. The predicted octanol–water partition coefficient (Wildman–Crippen LogP) is 1.77. The van der Waals surface area contributed by atoms with Gasteiger partial charge in [-0.3, -0.25) is 0 Å². The van der Waals surface area contributed by atoms with Crippen molar-refractivity contribution in [3.05, 3.63) is 12.7 Å². The van der Waals surface area contributed by atoms with E-state index in [-0.39, 0.29) is 0 Å². The third-order valence-corrected chi connectivity index (χ3v) is 2.84. The van der Waals surface area contributed by atoms with Crippen LogP contribution in [0.1, 0.15) is 32.1 Å². The highest BCUT2D eigenvalue weighted by molar-refractivity contribution is 4.83. The topological polar surface area (TPSA) is 29.3 Å². The van der Waals surface area contributed by atoms with Crippen LogP contribution in [0.25, 0.3) is 0 Å². The number of nitrogens with two attached hydrogens (primary N) is 1. The Kier molecular flexibility index (Phi) is 5.09. The van der Waals surface area contributed by atoms with E-state index in [9.17, 15) is 0 Å². The molecule has 2 N–H and O–H groups in total. The molecule has 1 saturated heterocycles. The van der Waals surface area contributed by atoms with Crippen molar-refractivity contribution in [2.45, 2.75) is 38.1 Å². The fourth-order valence-electron chi connectivity index (χ4n) is 2.11. The molecule has 1 aliphatic heterocycles. The fraction of sp³-hybridized carbons (Fsp3) is 0.818. The second-order valence-electron chi connectivity index (χ2n) is 3.85. The van der Waals surface area contributed by atoms with Crippen molar-refractivity contribution < 1.29 is 0 Å². The third kappa shape index (κ3) is 3.49. The molecule has 13 heavy (non-hydrogen) atoms. The van der Waals surface area contributed by atoms with Crippen molar-refractivity contribution in [3.63, 3.8) is 0 Å². The van der Waals surface area contributed by atoms with Crippen molar-refractivity contribution in [1.82, 2.24) is 4.90 Å². The highest BCUT2D eigenvalue weighted by Gasteiger charge is 2.19. The lowest BCUT2D eigenvalue weighted by Crippen LogP contribution is -2.40. The van der Waals surface area contributed by atoms with E-state index in [2.05, 4.69) is 11.5 Å². The summed E-state index contributed by atoms with van der Waals surface area (Å²) in [5.41, 5.74) is 5.52. The molecule has 1 fully saturated rings. The molecule has 1 rings (SSSR count). The van der Waals surface area contributed by atoms with Crippen LogP contribution in [-0.2, 0) is 0 Å². The standard InChI is InChI=1S/C11H22N2/c1-2-6-11-7-3-4-9-13(11)10-5-8-12/h2,11H,1,3-10,12H2. The van der Waals surface area contributed by atoms with Gasteiger partial charge in [0.05, 0.1) is 0 Å². The van der Waals surface area contributed by atoms with E-state index in [0.717, 1.165) is 25.4 Å². The molecule has 0 radical (unpaired) electrons. The van der Waals surface area contributed by atoms with Gasteiger partial charge in [0.25, 0.3) is 0 Å². The minimum atomic E-state index is 0.748. The molecule has 1 heterocycles. The van der Waals surface area contributed by atoms with Crippen LogP contribution in [0.3, 0.4) is 0 Å². The lowest BCUT2D eigenvalue weighted by Gasteiger charge is -2.35. The lowest BCUT2D eigenvalue weighted by atomic mass is 9.99. The van der Waals surface area contributed by atoms with Gasteiger partial charge in [-0.25, -0.2) is 0 Å². The first kappa shape index (κ1) is 10.7. The van der Waals surface area contributed by atoms with E-state index in [0.29, 0.717) is 0 Å². The molecule has 0 aromatic rings. The van der Waals surface area contributed by atoms with Gasteiger partial charge in [-0.1, -0.05) is 12.5 Å². The average Bonchev–Trinajstić information content (AvgIpc) is 2.17. The van der Waals surface area contributed by atoms with Crippen LogP contribution in [0.15, 0.2) is 12.7 Å². The van der Waals surface area contributed by atoms with Crippen molar-refractivity contribution in [3.8, 4) is 0 Å². The van der Waals surface area contributed by atoms with E-state index in [1.165, 1.54) is 32.4 Å². The predicted molar refractivity (Wildman–Crippen MR) is 57.7 cm³/mol. The van der Waals surface area contributed by atoms with Gasteiger partial charge in [-0.15, -0.1) is 6.58 Å². The molecule has 0 spiro atoms. The summed E-state index contributed by atoms with van der Waals surface area (Å²) < 4.78 is 0. The minimum Gasteiger partial charge on any atom is -0.330 e. The first-order chi connectivity index (χ1) is 6.38. The van der Waals surface area contributed by atoms with E-state index in [1.807, 2.05) is 6.08 Å². The molecule has 0 bridgehead atoms. The molecule has 0 aromatic heterocycles. The SMILES string of the molecule is C=CCC1CCCCN1CCCN. The monoisotopic (exact) mass is 182 g/mol. The lowest BCUT2D eigenvalue weighted by molar-refractivity contribution is 0.148. The molecule has 0 saturated carbocycles. The number of hydrogen-bond acceptors (Lipinski definition) is 2. The average molecular weight is 182 g/mol. The number of likely N-dealkylation sites (tertiary alicyclic amines) is 1. The number of rotatable bonds is 5. The van der Waals surface area contributed by atoms with Gasteiger partial charge < -0.3 is 10.6 Å². The maximum absolute atomic E-state index is 5.52. The normalized spacial score (nSPS) is 24.5. The Bertz CT molecular complexity index is 145. The third-order valence-electron chi connectivity index (χ3n) is 2.84. The van der Waals surface area contributed by atoms with Crippen molar-refractivity contribution in [2.75, 3.05) is 19.6 Å². The highest BCUT2D eigenvalue weighted by Crippen LogP contribution is 2.19. The Hall–Kier alpha value is -0.340. The molecule has 2 heteroatoms. The Morgan fingerprint density at radius 2 is 2.31 bits per heavy atom. The maximum Gasteiger partial charge on any atom is 0.0130 e. The van der Waals surface area contributed by atoms with Gasteiger partial charge in [-0.2, -0.15) is 0 Å². The zero-order chi connectivity index (χ0) is 9.52. The van der Waals surface area contributed by atoms with Crippen LogP contribution in [-0.4, -0.2) is 30.6 Å². The number of hydrogen-bond donors (Lipinski definition) is 1. The van der Waals surface area contributed by atoms with Crippen LogP contribution >= 0.6 is 0 Å². The molecule has 0 aromatic carbocycles. The first-order valence-electron chi connectivity index (χ1n) is 5.43. The van der Waals surface area contributed by atoms with Crippen LogP contribution in [0.2, 0.25) is 0 Å². The second kappa shape index (κ2) is 6.17. The summed E-state index contributed by atoms with van der Waals surface area (Å²) in [4.78, 5) is 2.58. The Morgan fingerprint density at radius 3 is 3.00 bits per heavy atom. The summed E-state index contributed by atoms with van der Waals surface area (Å²) in [5.74, 6) is 0. The smallest absolute Gasteiger partial charge is 0.0130 e. The quantitative estimate of drug-likeness (QED) is 0.657. The van der Waals surface area contributed by atoms with Crippen LogP contribution in [0, 0.1) is 0 Å². The van der Waals surface area contributed by atoms with Gasteiger partial charge in [0.2, 0.25) is 0 Å². The molecular weight excluding hydrogens is 160 g/mol. The minimum absolute atomic E-state index is 0.748. The first-order valence-corrected chi connectivity index (χ1v) is 5.43. The molecule has 1 unspecified atom stereocenters. The molecule has 1 aliphatic rings. The molecule has 1 atom stereocenters. The van der Waals surface area contributed by atoms with Gasteiger partial charge in [0.1, 0.15) is 0 Å². The van der Waals surface area contributed by atoms with Crippen molar-refractivity contribution in [1.29, 1.82) is 0 Å². The Morgan fingerprint density at radius 1 is 1.46 bits per heavy atom. The van der Waals surface area contributed by atoms with Crippen molar-refractivity contribution >= 4 is 0 Å². The highest BCUT2D eigenvalue weighted by atomic mass is 15.2. The van der Waals surface area contributed by atoms with Crippen molar-refractivity contribution in [2.24, 2.45) is 5.73 Å². The van der Waals surface area contributed by atoms with E-state index >= 15 is 0 Å². The van der Waals surface area contributed by atoms with Crippen LogP contribution < -0.4 is 5.73 Å². The Labute approximate surface area is 81.8 Å². The fourth-order valence-corrected chi connectivity index (χ4v) is 2.11. The summed E-state index contributed by atoms with van der Waals surface area (Å²) in [5, 5.41) is 0. The largest absolute Gasteiger partial charge is 0.330 e. The summed E-state index contributed by atoms with van der Waals surface area (Å²) in [6, 6.07) is 0.748. The summed E-state index contributed by atoms with van der Waals surface area (Å²) >= 11 is 0. The number of nitrogens with zero attached hydrogens (tertiary/aromatic N) is 1.